The molecule has 9 aromatic rings. The second-order valence-electron chi connectivity index (χ2n) is 16.5. The average molecular weight is 717 g/mol. The highest BCUT2D eigenvalue weighted by Gasteiger charge is 2.20. The molecule has 3 aromatic heterocycles. The molecule has 5 heteroatoms. The molecule has 6 aromatic carbocycles. The lowest BCUT2D eigenvalue weighted by molar-refractivity contribution is 0.483. The third-order valence-corrected chi connectivity index (χ3v) is 10.6. The van der Waals surface area contributed by atoms with E-state index >= 15 is 0 Å². The lowest BCUT2D eigenvalue weighted by atomic mass is 9.85. The van der Waals surface area contributed by atoms with Gasteiger partial charge in [0.2, 0.25) is 0 Å². The zero-order valence-electron chi connectivity index (χ0n) is 32.2. The Hall–Kier alpha value is -6.46. The van der Waals surface area contributed by atoms with Crippen LogP contribution in [0.2, 0.25) is 0 Å². The molecule has 3 heterocycles. The maximum atomic E-state index is 6.67. The largest absolute Gasteiger partial charge is 0.457 e. The fraction of sp³-hybridized carbons (Fsp3) is 0.160. The molecule has 0 saturated heterocycles. The van der Waals surface area contributed by atoms with Gasteiger partial charge in [0.25, 0.3) is 0 Å². The van der Waals surface area contributed by atoms with Crippen LogP contribution in [-0.4, -0.2) is 19.1 Å². The molecular formula is C50H44N4O. The molecule has 0 N–H and O–H groups in total. The number of aromatic nitrogens is 4. The molecule has 5 nitrogen and oxygen atoms in total. The van der Waals surface area contributed by atoms with Crippen molar-refractivity contribution in [2.75, 3.05) is 0 Å². The molecule has 0 bridgehead atoms. The number of para-hydroxylation sites is 1. The van der Waals surface area contributed by atoms with Crippen molar-refractivity contribution < 1.29 is 4.74 Å². The Bertz CT molecular complexity index is 2870. The van der Waals surface area contributed by atoms with Gasteiger partial charge in [0.15, 0.2) is 0 Å². The predicted molar refractivity (Wildman–Crippen MR) is 228 cm³/mol. The Labute approximate surface area is 322 Å². The van der Waals surface area contributed by atoms with Crippen molar-refractivity contribution in [2.24, 2.45) is 0 Å². The topological polar surface area (TPSA) is 44.9 Å². The molecule has 270 valence electrons. The fourth-order valence-corrected chi connectivity index (χ4v) is 7.59. The third kappa shape index (κ3) is 6.36. The Morgan fingerprint density at radius 2 is 1.24 bits per heavy atom. The summed E-state index contributed by atoms with van der Waals surface area (Å²) in [6, 6.07) is 51.4. The van der Waals surface area contributed by atoms with E-state index < -0.39 is 0 Å². The first kappa shape index (κ1) is 34.3. The molecule has 0 atom stereocenters. The molecule has 0 amide bonds. The van der Waals surface area contributed by atoms with Crippen molar-refractivity contribution in [1.29, 1.82) is 0 Å². The van der Waals surface area contributed by atoms with Crippen LogP contribution in [0.1, 0.15) is 52.7 Å². The maximum absolute atomic E-state index is 6.67. The first-order valence-electron chi connectivity index (χ1n) is 19.0. The van der Waals surface area contributed by atoms with Gasteiger partial charge in [-0.2, -0.15) is 0 Å². The Balaban J connectivity index is 1.11. The van der Waals surface area contributed by atoms with E-state index in [0.717, 1.165) is 56.0 Å². The molecule has 0 radical (unpaired) electrons. The van der Waals surface area contributed by atoms with E-state index in [-0.39, 0.29) is 10.8 Å². The van der Waals surface area contributed by atoms with E-state index in [1.165, 1.54) is 33.2 Å². The number of hydrogen-bond acceptors (Lipinski definition) is 3. The van der Waals surface area contributed by atoms with Crippen LogP contribution >= 0.6 is 0 Å². The van der Waals surface area contributed by atoms with Gasteiger partial charge in [0.1, 0.15) is 23.6 Å². The summed E-state index contributed by atoms with van der Waals surface area (Å²) >= 11 is 0. The number of pyridine rings is 1. The fourth-order valence-electron chi connectivity index (χ4n) is 7.59. The molecule has 0 fully saturated rings. The van der Waals surface area contributed by atoms with Crippen molar-refractivity contribution in [3.05, 3.63) is 169 Å². The van der Waals surface area contributed by atoms with E-state index in [1.54, 1.807) is 0 Å². The lowest BCUT2D eigenvalue weighted by Crippen LogP contribution is -2.12. The summed E-state index contributed by atoms with van der Waals surface area (Å²) in [5.74, 6) is 2.38. The summed E-state index contributed by atoms with van der Waals surface area (Å²) in [7, 11) is 0. The number of benzene rings is 6. The number of imidazole rings is 1. The zero-order valence-corrected chi connectivity index (χ0v) is 32.2. The number of nitrogens with zero attached hydrogens (tertiary/aromatic N) is 4. The maximum Gasteiger partial charge on any atom is 0.137 e. The normalized spacial score (nSPS) is 12.2. The summed E-state index contributed by atoms with van der Waals surface area (Å²) in [6.07, 6.45) is 3.83. The standard InChI is InChI=1S/C50H44N4O/c1-49(2,3)36-16-10-15-35(27-36)41-19-12-20-45-48(41)52-32-53(45)38-17-11-18-39(30-38)55-40-22-23-42-43-28-34(33-13-8-7-9-14-33)21-24-44(43)54(46(42)31-40)47-29-37(25-26-51-47)50(4,5)6/h7-32H,1-6H3. The highest BCUT2D eigenvalue weighted by atomic mass is 16.5. The van der Waals surface area contributed by atoms with Crippen LogP contribution < -0.4 is 4.74 Å². The quantitative estimate of drug-likeness (QED) is 0.172. The first-order chi connectivity index (χ1) is 26.5. The first-order valence-corrected chi connectivity index (χ1v) is 19.0. The summed E-state index contributed by atoms with van der Waals surface area (Å²) in [4.78, 5) is 9.84. The average Bonchev–Trinajstić information content (AvgIpc) is 3.77. The summed E-state index contributed by atoms with van der Waals surface area (Å²) in [5, 5.41) is 2.31. The van der Waals surface area contributed by atoms with E-state index in [1.807, 2.05) is 24.7 Å². The zero-order chi connectivity index (χ0) is 37.9. The van der Waals surface area contributed by atoms with Gasteiger partial charge >= 0.3 is 0 Å². The van der Waals surface area contributed by atoms with Crippen LogP contribution in [0.4, 0.5) is 0 Å². The number of rotatable bonds is 6. The highest BCUT2D eigenvalue weighted by molar-refractivity contribution is 6.10. The lowest BCUT2D eigenvalue weighted by Gasteiger charge is -2.20. The molecule has 0 aliphatic carbocycles. The van der Waals surface area contributed by atoms with Gasteiger partial charge in [0, 0.05) is 34.7 Å². The Morgan fingerprint density at radius 3 is 2.05 bits per heavy atom. The molecule has 0 unspecified atom stereocenters. The number of fused-ring (bicyclic) bond motifs is 4. The van der Waals surface area contributed by atoms with Crippen LogP contribution in [0.3, 0.4) is 0 Å². The number of ether oxygens (including phenoxy) is 1. The highest BCUT2D eigenvalue weighted by Crippen LogP contribution is 2.39. The minimum absolute atomic E-state index is 0.0182. The smallest absolute Gasteiger partial charge is 0.137 e. The number of hydrogen-bond donors (Lipinski definition) is 0. The predicted octanol–water partition coefficient (Wildman–Crippen LogP) is 13.2. The third-order valence-electron chi connectivity index (χ3n) is 10.6. The van der Waals surface area contributed by atoms with E-state index in [9.17, 15) is 0 Å². The van der Waals surface area contributed by atoms with Gasteiger partial charge in [-0.1, -0.05) is 120 Å². The van der Waals surface area contributed by atoms with Crippen LogP contribution in [0, 0.1) is 0 Å². The van der Waals surface area contributed by atoms with Crippen molar-refractivity contribution in [2.45, 2.75) is 52.4 Å². The Morgan fingerprint density at radius 1 is 0.491 bits per heavy atom. The van der Waals surface area contributed by atoms with Crippen LogP contribution in [0.15, 0.2) is 158 Å². The molecular weight excluding hydrogens is 673 g/mol. The minimum Gasteiger partial charge on any atom is -0.457 e. The van der Waals surface area contributed by atoms with Crippen LogP contribution in [0.25, 0.3) is 66.6 Å². The van der Waals surface area contributed by atoms with Gasteiger partial charge in [-0.25, -0.2) is 9.97 Å². The second-order valence-corrected chi connectivity index (χ2v) is 16.5. The monoisotopic (exact) mass is 716 g/mol. The minimum atomic E-state index is -0.0182. The van der Waals surface area contributed by atoms with Crippen molar-refractivity contribution >= 4 is 32.8 Å². The van der Waals surface area contributed by atoms with E-state index in [4.69, 9.17) is 14.7 Å². The van der Waals surface area contributed by atoms with Crippen LogP contribution in [0.5, 0.6) is 11.5 Å². The SMILES string of the molecule is CC(C)(C)c1cccc(-c2cccc3c2ncn3-c2cccc(Oc3ccc4c5cc(-c6ccccc6)ccc5n(-c5cc(C(C)(C)C)ccn5)c4c3)c2)c1. The van der Waals surface area contributed by atoms with Crippen LogP contribution in [-0.2, 0) is 10.8 Å². The summed E-state index contributed by atoms with van der Waals surface area (Å²) < 4.78 is 11.1. The molecule has 0 saturated carbocycles. The molecule has 0 aliphatic rings. The molecule has 0 spiro atoms. The van der Waals surface area contributed by atoms with Gasteiger partial charge in [-0.05, 0) is 93.2 Å². The van der Waals surface area contributed by atoms with Gasteiger partial charge in [0.05, 0.1) is 27.8 Å². The Kier molecular flexibility index (Phi) is 8.20. The molecule has 55 heavy (non-hydrogen) atoms. The summed E-state index contributed by atoms with van der Waals surface area (Å²) in [5.41, 5.74) is 12.4. The van der Waals surface area contributed by atoms with Gasteiger partial charge in [-0.15, -0.1) is 0 Å². The van der Waals surface area contributed by atoms with Crippen molar-refractivity contribution in [1.82, 2.24) is 19.1 Å². The van der Waals surface area contributed by atoms with E-state index in [2.05, 4.69) is 184 Å². The second kappa shape index (κ2) is 13.1. The molecule has 0 aliphatic heterocycles. The van der Waals surface area contributed by atoms with Crippen molar-refractivity contribution in [3.8, 4) is 45.3 Å². The van der Waals surface area contributed by atoms with Gasteiger partial charge in [-0.3, -0.25) is 9.13 Å². The van der Waals surface area contributed by atoms with Gasteiger partial charge < -0.3 is 4.74 Å². The summed E-state index contributed by atoms with van der Waals surface area (Å²) in [6.45, 7) is 13.5. The van der Waals surface area contributed by atoms with Crippen molar-refractivity contribution in [3.63, 3.8) is 0 Å². The molecule has 9 rings (SSSR count). The van der Waals surface area contributed by atoms with E-state index in [0.29, 0.717) is 0 Å².